The summed E-state index contributed by atoms with van der Waals surface area (Å²) in [6.07, 6.45) is 0. The fourth-order valence-corrected chi connectivity index (χ4v) is 1.22. The van der Waals surface area contributed by atoms with Crippen LogP contribution in [0.4, 0.5) is 5.69 Å². The third-order valence-electron chi connectivity index (χ3n) is 2.11. The van der Waals surface area contributed by atoms with Crippen LogP contribution in [-0.4, -0.2) is 21.4 Å². The summed E-state index contributed by atoms with van der Waals surface area (Å²) in [7, 11) is 0. The maximum atomic E-state index is 9.57. The third kappa shape index (κ3) is 5.48. The largest absolute Gasteiger partial charge is 0.397 e. The van der Waals surface area contributed by atoms with E-state index in [0.717, 1.165) is 0 Å². The molecule has 19 heavy (non-hydrogen) atoms. The molecule has 0 heterocycles. The molecule has 0 unspecified atom stereocenters. The van der Waals surface area contributed by atoms with Crippen LogP contribution in [0.5, 0.6) is 0 Å². The molecule has 0 aromatic heterocycles. The molecule has 0 saturated heterocycles. The van der Waals surface area contributed by atoms with E-state index < -0.39 is 11.2 Å². The van der Waals surface area contributed by atoms with Gasteiger partial charge in [-0.25, -0.2) is 0 Å². The monoisotopic (exact) mass is 257 g/mol. The highest BCUT2D eigenvalue weighted by Crippen LogP contribution is 2.16. The minimum atomic E-state index is -1.07. The molecule has 0 aliphatic carbocycles. The molecule has 3 heteroatoms. The van der Waals surface area contributed by atoms with Crippen molar-refractivity contribution in [3.05, 3.63) is 29.3 Å². The molecule has 1 rings (SSSR count). The molecule has 4 N–H and O–H groups in total. The van der Waals surface area contributed by atoms with Crippen molar-refractivity contribution in [1.82, 2.24) is 0 Å². The zero-order valence-corrected chi connectivity index (χ0v) is 11.7. The highest BCUT2D eigenvalue weighted by molar-refractivity contribution is 5.66. The predicted molar refractivity (Wildman–Crippen MR) is 77.2 cm³/mol. The molecule has 0 spiro atoms. The van der Waals surface area contributed by atoms with Gasteiger partial charge >= 0.3 is 0 Å². The number of aliphatic hydroxyl groups is 2. The molecule has 3 nitrogen and oxygen atoms in total. The Bertz CT molecular complexity index is 531. The molecule has 1 aromatic rings. The van der Waals surface area contributed by atoms with Gasteiger partial charge in [0.2, 0.25) is 0 Å². The van der Waals surface area contributed by atoms with Crippen LogP contribution in [0.25, 0.3) is 0 Å². The molecule has 100 valence electrons. The van der Waals surface area contributed by atoms with Gasteiger partial charge in [0, 0.05) is 11.1 Å². The summed E-state index contributed by atoms with van der Waals surface area (Å²) in [6.45, 7) is 6.42. The maximum absolute atomic E-state index is 9.57. The maximum Gasteiger partial charge on any atom is 0.120 e. The lowest BCUT2D eigenvalue weighted by atomic mass is 10.0. The van der Waals surface area contributed by atoms with E-state index in [4.69, 9.17) is 5.73 Å². The third-order valence-corrected chi connectivity index (χ3v) is 2.11. The summed E-state index contributed by atoms with van der Waals surface area (Å²) in [6, 6.07) is 5.33. The molecule has 1 aromatic carbocycles. The van der Waals surface area contributed by atoms with Crippen LogP contribution in [0.15, 0.2) is 18.2 Å². The van der Waals surface area contributed by atoms with Gasteiger partial charge in [-0.2, -0.15) is 0 Å². The number of nitrogen functional groups attached to an aromatic ring is 1. The number of hydrogen-bond acceptors (Lipinski definition) is 3. The molecule has 0 bridgehead atoms. The fraction of sp³-hybridized carbons (Fsp3) is 0.375. The summed E-state index contributed by atoms with van der Waals surface area (Å²) in [4.78, 5) is 0. The number of hydrogen-bond donors (Lipinski definition) is 3. The molecule has 0 atom stereocenters. The average molecular weight is 257 g/mol. The van der Waals surface area contributed by atoms with Crippen LogP contribution in [0.3, 0.4) is 0 Å². The fourth-order valence-electron chi connectivity index (χ4n) is 1.22. The molecule has 0 aliphatic heterocycles. The summed E-state index contributed by atoms with van der Waals surface area (Å²) in [5.74, 6) is 11.1. The summed E-state index contributed by atoms with van der Waals surface area (Å²) < 4.78 is 0. The quantitative estimate of drug-likeness (QED) is 0.487. The lowest BCUT2D eigenvalue weighted by molar-refractivity contribution is 0.143. The van der Waals surface area contributed by atoms with Gasteiger partial charge in [-0.15, -0.1) is 0 Å². The smallest absolute Gasteiger partial charge is 0.120 e. The lowest BCUT2D eigenvalue weighted by Crippen LogP contribution is -2.15. The van der Waals surface area contributed by atoms with Crippen molar-refractivity contribution in [2.45, 2.75) is 38.9 Å². The van der Waals surface area contributed by atoms with Crippen molar-refractivity contribution < 1.29 is 10.2 Å². The number of benzene rings is 1. The Morgan fingerprint density at radius 2 is 1.26 bits per heavy atom. The highest BCUT2D eigenvalue weighted by Gasteiger charge is 2.08. The summed E-state index contributed by atoms with van der Waals surface area (Å²) >= 11 is 0. The summed E-state index contributed by atoms with van der Waals surface area (Å²) in [5.41, 5.74) is 5.52. The Hall–Kier alpha value is -1.94. The number of para-hydroxylation sites is 1. The molecule has 0 saturated carbocycles. The second-order valence-electron chi connectivity index (χ2n) is 5.38. The molecular formula is C16H19NO2. The normalized spacial score (nSPS) is 11.1. The van der Waals surface area contributed by atoms with Crippen LogP contribution in [0.1, 0.15) is 38.8 Å². The minimum absolute atomic E-state index is 0.455. The van der Waals surface area contributed by atoms with E-state index >= 15 is 0 Å². The van der Waals surface area contributed by atoms with Crippen LogP contribution in [0, 0.1) is 23.7 Å². The lowest BCUT2D eigenvalue weighted by Gasteiger charge is -2.08. The minimum Gasteiger partial charge on any atom is -0.397 e. The van der Waals surface area contributed by atoms with Gasteiger partial charge in [0.25, 0.3) is 0 Å². The van der Waals surface area contributed by atoms with E-state index in [2.05, 4.69) is 23.7 Å². The Labute approximate surface area is 114 Å². The van der Waals surface area contributed by atoms with Crippen LogP contribution < -0.4 is 5.73 Å². The van der Waals surface area contributed by atoms with Gasteiger partial charge in [0.1, 0.15) is 11.2 Å². The van der Waals surface area contributed by atoms with Crippen molar-refractivity contribution in [3.8, 4) is 23.7 Å². The standard InChI is InChI=1S/C16H19NO2/c1-15(2,18)10-8-12-6-5-7-13(14(12)17)9-11-16(3,4)19/h5-7,18-19H,17H2,1-4H3. The Kier molecular flexibility index (Phi) is 4.27. The van der Waals surface area contributed by atoms with E-state index in [1.807, 2.05) is 0 Å². The topological polar surface area (TPSA) is 66.5 Å². The Balaban J connectivity index is 3.18. The molecular weight excluding hydrogens is 238 g/mol. The SMILES string of the molecule is CC(C)(O)C#Cc1cccc(C#CC(C)(C)O)c1N. The first-order valence-corrected chi connectivity index (χ1v) is 5.98. The molecule has 0 radical (unpaired) electrons. The number of anilines is 1. The Morgan fingerprint density at radius 1 is 0.895 bits per heavy atom. The van der Waals surface area contributed by atoms with Crippen LogP contribution >= 0.6 is 0 Å². The Morgan fingerprint density at radius 3 is 1.58 bits per heavy atom. The second-order valence-corrected chi connectivity index (χ2v) is 5.38. The average Bonchev–Trinajstić information content (AvgIpc) is 2.23. The molecule has 0 aliphatic rings. The van der Waals surface area contributed by atoms with Crippen LogP contribution in [-0.2, 0) is 0 Å². The van der Waals surface area contributed by atoms with Gasteiger partial charge in [0.05, 0.1) is 5.69 Å². The molecule has 0 amide bonds. The summed E-state index contributed by atoms with van der Waals surface area (Å²) in [5, 5.41) is 19.1. The van der Waals surface area contributed by atoms with Crippen LogP contribution in [0.2, 0.25) is 0 Å². The van der Waals surface area contributed by atoms with Gasteiger partial charge in [0.15, 0.2) is 0 Å². The molecule has 0 fully saturated rings. The van der Waals surface area contributed by atoms with Gasteiger partial charge in [-0.1, -0.05) is 29.7 Å². The van der Waals surface area contributed by atoms with Crippen molar-refractivity contribution in [3.63, 3.8) is 0 Å². The van der Waals surface area contributed by atoms with Crippen molar-refractivity contribution >= 4 is 5.69 Å². The predicted octanol–water partition coefficient (Wildman–Crippen LogP) is 1.51. The number of nitrogens with two attached hydrogens (primary N) is 1. The zero-order valence-electron chi connectivity index (χ0n) is 11.7. The van der Waals surface area contributed by atoms with E-state index in [1.54, 1.807) is 45.9 Å². The van der Waals surface area contributed by atoms with Crippen molar-refractivity contribution in [2.24, 2.45) is 0 Å². The number of rotatable bonds is 0. The first-order chi connectivity index (χ1) is 8.58. The van der Waals surface area contributed by atoms with E-state index in [1.165, 1.54) is 0 Å². The van der Waals surface area contributed by atoms with Gasteiger partial charge in [-0.3, -0.25) is 0 Å². The highest BCUT2D eigenvalue weighted by atomic mass is 16.3. The first kappa shape index (κ1) is 15.1. The van der Waals surface area contributed by atoms with Crippen molar-refractivity contribution in [2.75, 3.05) is 5.73 Å². The van der Waals surface area contributed by atoms with Gasteiger partial charge < -0.3 is 15.9 Å². The zero-order chi connectivity index (χ0) is 14.7. The van der Waals surface area contributed by atoms with Gasteiger partial charge in [-0.05, 0) is 39.8 Å². The van der Waals surface area contributed by atoms with E-state index in [0.29, 0.717) is 16.8 Å². The van der Waals surface area contributed by atoms with E-state index in [-0.39, 0.29) is 0 Å². The second kappa shape index (κ2) is 5.36. The van der Waals surface area contributed by atoms with E-state index in [9.17, 15) is 10.2 Å². The van der Waals surface area contributed by atoms with Crippen molar-refractivity contribution in [1.29, 1.82) is 0 Å². The first-order valence-electron chi connectivity index (χ1n) is 5.98.